The van der Waals surface area contributed by atoms with Gasteiger partial charge in [0.2, 0.25) is 0 Å². The van der Waals surface area contributed by atoms with E-state index < -0.39 is 0 Å². The van der Waals surface area contributed by atoms with Crippen molar-refractivity contribution >= 4 is 27.5 Å². The van der Waals surface area contributed by atoms with Crippen LogP contribution in [0, 0.1) is 18.3 Å². The summed E-state index contributed by atoms with van der Waals surface area (Å²) < 4.78 is 5.27. The average molecular weight is 279 g/mol. The predicted octanol–water partition coefficient (Wildman–Crippen LogP) is 3.75. The van der Waals surface area contributed by atoms with Gasteiger partial charge in [-0.1, -0.05) is 34.1 Å². The van der Waals surface area contributed by atoms with Crippen molar-refractivity contribution in [1.29, 1.82) is 5.26 Å². The largest absolute Gasteiger partial charge is 0.192 e. The minimum atomic E-state index is 0.673. The molecule has 74 valence electrons. The maximum atomic E-state index is 9.04. The van der Waals surface area contributed by atoms with E-state index in [1.807, 2.05) is 31.2 Å². The smallest absolute Gasteiger partial charge is 0.103 e. The summed E-state index contributed by atoms with van der Waals surface area (Å²) in [7, 11) is 0. The molecule has 0 atom stereocenters. The Labute approximate surface area is 100 Å². The Kier molecular flexibility index (Phi) is 2.85. The van der Waals surface area contributed by atoms with Gasteiger partial charge >= 0.3 is 0 Å². The summed E-state index contributed by atoms with van der Waals surface area (Å²) in [5.74, 6) is 0. The van der Waals surface area contributed by atoms with E-state index in [2.05, 4.69) is 26.4 Å². The SMILES string of the molecule is Cc1snc(-c2ccccc2Br)c1C#N. The van der Waals surface area contributed by atoms with E-state index in [0.29, 0.717) is 5.56 Å². The molecule has 1 aromatic heterocycles. The van der Waals surface area contributed by atoms with Gasteiger partial charge in [-0.2, -0.15) is 9.64 Å². The molecule has 0 N–H and O–H groups in total. The lowest BCUT2D eigenvalue weighted by Crippen LogP contribution is -1.83. The first-order valence-corrected chi connectivity index (χ1v) is 5.92. The van der Waals surface area contributed by atoms with Gasteiger partial charge in [-0.25, -0.2) is 0 Å². The Hall–Kier alpha value is -1.18. The van der Waals surface area contributed by atoms with Crippen LogP contribution in [0.25, 0.3) is 11.3 Å². The van der Waals surface area contributed by atoms with Crippen molar-refractivity contribution < 1.29 is 0 Å². The van der Waals surface area contributed by atoms with E-state index in [1.165, 1.54) is 11.5 Å². The minimum absolute atomic E-state index is 0.673. The molecule has 0 radical (unpaired) electrons. The molecule has 15 heavy (non-hydrogen) atoms. The Bertz CT molecular complexity index is 540. The fourth-order valence-corrected chi connectivity index (χ4v) is 2.46. The fourth-order valence-electron chi connectivity index (χ4n) is 1.34. The molecule has 0 bridgehead atoms. The van der Waals surface area contributed by atoms with Gasteiger partial charge in [0, 0.05) is 14.9 Å². The van der Waals surface area contributed by atoms with E-state index in [9.17, 15) is 0 Å². The zero-order valence-corrected chi connectivity index (χ0v) is 10.4. The molecule has 0 fully saturated rings. The Morgan fingerprint density at radius 2 is 2.13 bits per heavy atom. The van der Waals surface area contributed by atoms with Crippen molar-refractivity contribution in [2.24, 2.45) is 0 Å². The summed E-state index contributed by atoms with van der Waals surface area (Å²) in [4.78, 5) is 0.961. The quantitative estimate of drug-likeness (QED) is 0.797. The maximum absolute atomic E-state index is 9.04. The molecular weight excluding hydrogens is 272 g/mol. The van der Waals surface area contributed by atoms with Crippen molar-refractivity contribution in [3.05, 3.63) is 39.2 Å². The van der Waals surface area contributed by atoms with Crippen molar-refractivity contribution in [3.63, 3.8) is 0 Å². The van der Waals surface area contributed by atoms with Gasteiger partial charge in [0.1, 0.15) is 11.8 Å². The Morgan fingerprint density at radius 1 is 1.40 bits per heavy atom. The van der Waals surface area contributed by atoms with Crippen LogP contribution in [-0.4, -0.2) is 4.37 Å². The van der Waals surface area contributed by atoms with Crippen LogP contribution in [0.5, 0.6) is 0 Å². The van der Waals surface area contributed by atoms with E-state index in [0.717, 1.165) is 20.6 Å². The predicted molar refractivity (Wildman–Crippen MR) is 64.7 cm³/mol. The molecule has 2 nitrogen and oxygen atoms in total. The Balaban J connectivity index is 2.66. The van der Waals surface area contributed by atoms with Gasteiger partial charge in [-0.3, -0.25) is 0 Å². The third-order valence-corrected chi connectivity index (χ3v) is 3.55. The highest BCUT2D eigenvalue weighted by molar-refractivity contribution is 9.10. The number of aryl methyl sites for hydroxylation is 1. The second-order valence-corrected chi connectivity index (χ2v) is 4.89. The molecule has 1 heterocycles. The number of halogens is 1. The summed E-state index contributed by atoms with van der Waals surface area (Å²) in [6.45, 7) is 1.91. The summed E-state index contributed by atoms with van der Waals surface area (Å²) in [5.41, 5.74) is 2.41. The second kappa shape index (κ2) is 4.13. The number of hydrogen-bond acceptors (Lipinski definition) is 3. The molecule has 0 spiro atoms. The first-order valence-electron chi connectivity index (χ1n) is 4.35. The number of nitrogens with zero attached hydrogens (tertiary/aromatic N) is 2. The van der Waals surface area contributed by atoms with Crippen molar-refractivity contribution in [2.45, 2.75) is 6.92 Å². The van der Waals surface area contributed by atoms with Crippen LogP contribution < -0.4 is 0 Å². The lowest BCUT2D eigenvalue weighted by molar-refractivity contribution is 1.43. The van der Waals surface area contributed by atoms with Crippen LogP contribution in [0.1, 0.15) is 10.4 Å². The summed E-state index contributed by atoms with van der Waals surface area (Å²) in [5, 5.41) is 9.04. The van der Waals surface area contributed by atoms with Crippen LogP contribution in [0.15, 0.2) is 28.7 Å². The number of rotatable bonds is 1. The number of nitriles is 1. The van der Waals surface area contributed by atoms with Crippen LogP contribution in [0.2, 0.25) is 0 Å². The third-order valence-electron chi connectivity index (χ3n) is 2.10. The molecule has 0 aliphatic rings. The molecule has 0 saturated carbocycles. The summed E-state index contributed by atoms with van der Waals surface area (Å²) in [6, 6.07) is 9.99. The number of benzene rings is 1. The molecule has 0 unspecified atom stereocenters. The van der Waals surface area contributed by atoms with Crippen LogP contribution in [0.4, 0.5) is 0 Å². The van der Waals surface area contributed by atoms with E-state index in [1.54, 1.807) is 0 Å². The van der Waals surface area contributed by atoms with Crippen molar-refractivity contribution in [2.75, 3.05) is 0 Å². The number of aromatic nitrogens is 1. The normalized spacial score (nSPS) is 9.93. The van der Waals surface area contributed by atoms with Crippen LogP contribution >= 0.6 is 27.5 Å². The van der Waals surface area contributed by atoms with Crippen LogP contribution in [-0.2, 0) is 0 Å². The first kappa shape index (κ1) is 10.3. The van der Waals surface area contributed by atoms with E-state index in [-0.39, 0.29) is 0 Å². The molecule has 0 aliphatic heterocycles. The molecular formula is C11H7BrN2S. The lowest BCUT2D eigenvalue weighted by atomic mass is 10.1. The Morgan fingerprint density at radius 3 is 2.80 bits per heavy atom. The summed E-state index contributed by atoms with van der Waals surface area (Å²) in [6.07, 6.45) is 0. The lowest BCUT2D eigenvalue weighted by Gasteiger charge is -2.00. The highest BCUT2D eigenvalue weighted by atomic mass is 79.9. The third kappa shape index (κ3) is 1.81. The fraction of sp³-hybridized carbons (Fsp3) is 0.0909. The maximum Gasteiger partial charge on any atom is 0.103 e. The van der Waals surface area contributed by atoms with E-state index in [4.69, 9.17) is 5.26 Å². The van der Waals surface area contributed by atoms with Gasteiger partial charge in [-0.05, 0) is 24.5 Å². The number of hydrogen-bond donors (Lipinski definition) is 0. The van der Waals surface area contributed by atoms with Gasteiger partial charge in [0.25, 0.3) is 0 Å². The molecule has 1 aromatic carbocycles. The van der Waals surface area contributed by atoms with Gasteiger partial charge < -0.3 is 0 Å². The second-order valence-electron chi connectivity index (χ2n) is 3.05. The zero-order valence-electron chi connectivity index (χ0n) is 7.99. The van der Waals surface area contributed by atoms with Gasteiger partial charge in [0.05, 0.1) is 5.56 Å². The van der Waals surface area contributed by atoms with E-state index >= 15 is 0 Å². The minimum Gasteiger partial charge on any atom is -0.192 e. The highest BCUT2D eigenvalue weighted by Crippen LogP contribution is 2.32. The zero-order chi connectivity index (χ0) is 10.8. The monoisotopic (exact) mass is 278 g/mol. The topological polar surface area (TPSA) is 36.7 Å². The first-order chi connectivity index (χ1) is 7.24. The highest BCUT2D eigenvalue weighted by Gasteiger charge is 2.13. The van der Waals surface area contributed by atoms with Gasteiger partial charge in [0.15, 0.2) is 0 Å². The van der Waals surface area contributed by atoms with Crippen LogP contribution in [0.3, 0.4) is 0 Å². The molecule has 4 heteroatoms. The van der Waals surface area contributed by atoms with Gasteiger partial charge in [-0.15, -0.1) is 0 Å². The standard InChI is InChI=1S/C11H7BrN2S/c1-7-9(6-13)11(14-15-7)8-4-2-3-5-10(8)12/h2-5H,1H3. The molecule has 2 rings (SSSR count). The molecule has 0 aliphatic carbocycles. The molecule has 2 aromatic rings. The molecule has 0 amide bonds. The average Bonchev–Trinajstić information content (AvgIpc) is 2.60. The molecule has 0 saturated heterocycles. The van der Waals surface area contributed by atoms with Crippen molar-refractivity contribution in [1.82, 2.24) is 4.37 Å². The van der Waals surface area contributed by atoms with Crippen molar-refractivity contribution in [3.8, 4) is 17.3 Å². The summed E-state index contributed by atoms with van der Waals surface area (Å²) >= 11 is 4.83.